The summed E-state index contributed by atoms with van der Waals surface area (Å²) in [6.45, 7) is 4.84. The van der Waals surface area contributed by atoms with Gasteiger partial charge in [0.25, 0.3) is 0 Å². The van der Waals surface area contributed by atoms with E-state index in [1.54, 1.807) is 17.2 Å². The first-order valence-corrected chi connectivity index (χ1v) is 6.26. The van der Waals surface area contributed by atoms with Crippen LogP contribution in [0.15, 0.2) is 12.5 Å². The van der Waals surface area contributed by atoms with Gasteiger partial charge in [-0.05, 0) is 12.8 Å². The van der Waals surface area contributed by atoms with E-state index in [0.717, 1.165) is 29.7 Å². The van der Waals surface area contributed by atoms with Crippen LogP contribution >= 0.6 is 0 Å². The summed E-state index contributed by atoms with van der Waals surface area (Å²) >= 11 is 0. The van der Waals surface area contributed by atoms with Crippen LogP contribution in [0.1, 0.15) is 26.7 Å². The fourth-order valence-electron chi connectivity index (χ4n) is 2.08. The Morgan fingerprint density at radius 2 is 2.06 bits per heavy atom. The van der Waals surface area contributed by atoms with E-state index in [-0.39, 0.29) is 5.54 Å². The third kappa shape index (κ3) is 2.03. The monoisotopic (exact) mass is 248 g/mol. The summed E-state index contributed by atoms with van der Waals surface area (Å²) in [7, 11) is 1.87. The maximum absolute atomic E-state index is 5.90. The van der Waals surface area contributed by atoms with Crippen LogP contribution in [0.4, 0.5) is 5.82 Å². The number of aromatic nitrogens is 4. The van der Waals surface area contributed by atoms with E-state index in [0.29, 0.717) is 6.54 Å². The summed E-state index contributed by atoms with van der Waals surface area (Å²) in [6, 6.07) is 0. The van der Waals surface area contributed by atoms with Crippen LogP contribution in [0.3, 0.4) is 0 Å². The van der Waals surface area contributed by atoms with E-state index in [1.165, 1.54) is 0 Å². The van der Waals surface area contributed by atoms with Gasteiger partial charge in [-0.2, -0.15) is 5.10 Å². The third-order valence-electron chi connectivity index (χ3n) is 3.66. The van der Waals surface area contributed by atoms with Crippen molar-refractivity contribution in [3.05, 3.63) is 12.5 Å². The Morgan fingerprint density at radius 1 is 1.33 bits per heavy atom. The Labute approximate surface area is 107 Å². The lowest BCUT2D eigenvalue weighted by Gasteiger charge is -2.32. The minimum atomic E-state index is -0.114. The van der Waals surface area contributed by atoms with Crippen molar-refractivity contribution >= 4 is 16.9 Å². The quantitative estimate of drug-likeness (QED) is 0.833. The zero-order valence-corrected chi connectivity index (χ0v) is 11.1. The van der Waals surface area contributed by atoms with Gasteiger partial charge in [0.2, 0.25) is 0 Å². The molecule has 0 aromatic carbocycles. The Balaban J connectivity index is 2.42. The molecule has 0 aliphatic rings. The van der Waals surface area contributed by atoms with E-state index in [9.17, 15) is 0 Å². The summed E-state index contributed by atoms with van der Waals surface area (Å²) in [6.07, 6.45) is 5.24. The van der Waals surface area contributed by atoms with Gasteiger partial charge in [0, 0.05) is 13.6 Å². The van der Waals surface area contributed by atoms with Crippen LogP contribution in [0.2, 0.25) is 0 Å². The van der Waals surface area contributed by atoms with E-state index in [2.05, 4.69) is 34.2 Å². The van der Waals surface area contributed by atoms with Crippen LogP contribution < -0.4 is 11.1 Å². The first kappa shape index (κ1) is 12.8. The average molecular weight is 248 g/mol. The van der Waals surface area contributed by atoms with Gasteiger partial charge in [0.1, 0.15) is 12.1 Å². The minimum Gasteiger partial charge on any atom is -0.363 e. The number of nitrogens with two attached hydrogens (primary N) is 1. The molecule has 2 aromatic heterocycles. The molecule has 0 amide bonds. The van der Waals surface area contributed by atoms with Gasteiger partial charge in [0.05, 0.1) is 17.1 Å². The van der Waals surface area contributed by atoms with Crippen molar-refractivity contribution in [2.75, 3.05) is 11.9 Å². The van der Waals surface area contributed by atoms with E-state index < -0.39 is 0 Å². The summed E-state index contributed by atoms with van der Waals surface area (Å²) in [5.74, 6) is 0.808. The normalized spacial score (nSPS) is 12.0. The Hall–Kier alpha value is -1.69. The lowest BCUT2D eigenvalue weighted by molar-refractivity contribution is 0.444. The molecule has 0 saturated carbocycles. The molecule has 2 rings (SSSR count). The number of aryl methyl sites for hydroxylation is 1. The van der Waals surface area contributed by atoms with Crippen molar-refractivity contribution < 1.29 is 0 Å². The second-order valence-corrected chi connectivity index (χ2v) is 4.54. The van der Waals surface area contributed by atoms with Crippen molar-refractivity contribution in [3.63, 3.8) is 0 Å². The molecule has 3 N–H and O–H groups in total. The van der Waals surface area contributed by atoms with E-state index >= 15 is 0 Å². The van der Waals surface area contributed by atoms with E-state index in [4.69, 9.17) is 5.73 Å². The maximum atomic E-state index is 5.90. The molecular weight excluding hydrogens is 228 g/mol. The number of nitrogens with one attached hydrogen (secondary N) is 1. The molecule has 0 atom stereocenters. The summed E-state index contributed by atoms with van der Waals surface area (Å²) < 4.78 is 1.74. The molecule has 6 nitrogen and oxygen atoms in total. The molecule has 2 heterocycles. The van der Waals surface area contributed by atoms with Crippen molar-refractivity contribution in [2.45, 2.75) is 32.2 Å². The number of hydrogen-bond donors (Lipinski definition) is 2. The predicted molar refractivity (Wildman–Crippen MR) is 72.3 cm³/mol. The third-order valence-corrected chi connectivity index (χ3v) is 3.66. The number of nitrogens with zero attached hydrogens (tertiary/aromatic N) is 4. The van der Waals surface area contributed by atoms with Crippen LogP contribution in [0, 0.1) is 0 Å². The molecule has 6 heteroatoms. The first-order valence-electron chi connectivity index (χ1n) is 6.26. The van der Waals surface area contributed by atoms with Gasteiger partial charge in [-0.15, -0.1) is 0 Å². The highest BCUT2D eigenvalue weighted by Gasteiger charge is 2.25. The molecule has 98 valence electrons. The second-order valence-electron chi connectivity index (χ2n) is 4.54. The number of hydrogen-bond acceptors (Lipinski definition) is 5. The molecule has 0 aliphatic carbocycles. The van der Waals surface area contributed by atoms with Gasteiger partial charge < -0.3 is 11.1 Å². The summed E-state index contributed by atoms with van der Waals surface area (Å²) in [4.78, 5) is 8.54. The van der Waals surface area contributed by atoms with Crippen LogP contribution in [0.5, 0.6) is 0 Å². The standard InChI is InChI=1S/C12H20N6/c1-4-12(5-2,7-13)17-10-9-6-16-18(3)11(9)15-8-14-10/h6,8H,4-5,7,13H2,1-3H3,(H,14,15,17). The molecule has 0 fully saturated rings. The average Bonchev–Trinajstić information content (AvgIpc) is 2.79. The lowest BCUT2D eigenvalue weighted by Crippen LogP contribution is -2.44. The fraction of sp³-hybridized carbons (Fsp3) is 0.583. The van der Waals surface area contributed by atoms with Gasteiger partial charge in [-0.25, -0.2) is 9.97 Å². The first-order chi connectivity index (χ1) is 8.65. The zero-order chi connectivity index (χ0) is 13.2. The minimum absolute atomic E-state index is 0.114. The maximum Gasteiger partial charge on any atom is 0.163 e. The van der Waals surface area contributed by atoms with Gasteiger partial charge in [-0.1, -0.05) is 13.8 Å². The highest BCUT2D eigenvalue weighted by Crippen LogP contribution is 2.24. The number of anilines is 1. The van der Waals surface area contributed by atoms with Gasteiger partial charge >= 0.3 is 0 Å². The molecule has 0 unspecified atom stereocenters. The number of rotatable bonds is 5. The Bertz CT molecular complexity index is 520. The Morgan fingerprint density at radius 3 is 2.67 bits per heavy atom. The van der Waals surface area contributed by atoms with Crippen molar-refractivity contribution in [1.82, 2.24) is 19.7 Å². The van der Waals surface area contributed by atoms with Crippen molar-refractivity contribution in [3.8, 4) is 0 Å². The van der Waals surface area contributed by atoms with Gasteiger partial charge in [0.15, 0.2) is 5.65 Å². The topological polar surface area (TPSA) is 81.7 Å². The zero-order valence-electron chi connectivity index (χ0n) is 11.1. The molecule has 0 aliphatic heterocycles. The largest absolute Gasteiger partial charge is 0.363 e. The molecular formula is C12H20N6. The molecule has 0 bridgehead atoms. The van der Waals surface area contributed by atoms with Gasteiger partial charge in [-0.3, -0.25) is 4.68 Å². The second kappa shape index (κ2) is 4.89. The highest BCUT2D eigenvalue weighted by atomic mass is 15.3. The smallest absolute Gasteiger partial charge is 0.163 e. The lowest BCUT2D eigenvalue weighted by atomic mass is 9.93. The molecule has 0 saturated heterocycles. The molecule has 2 aromatic rings. The molecule has 18 heavy (non-hydrogen) atoms. The van der Waals surface area contributed by atoms with Crippen LogP contribution in [-0.2, 0) is 7.05 Å². The van der Waals surface area contributed by atoms with Crippen molar-refractivity contribution in [2.24, 2.45) is 12.8 Å². The predicted octanol–water partition coefficient (Wildman–Crippen LogP) is 1.29. The van der Waals surface area contributed by atoms with E-state index in [1.807, 2.05) is 7.05 Å². The Kier molecular flexibility index (Phi) is 3.47. The van der Waals surface area contributed by atoms with Crippen molar-refractivity contribution in [1.29, 1.82) is 0 Å². The summed E-state index contributed by atoms with van der Waals surface area (Å²) in [5, 5.41) is 8.61. The summed E-state index contributed by atoms with van der Waals surface area (Å²) in [5.41, 5.74) is 6.61. The fourth-order valence-corrected chi connectivity index (χ4v) is 2.08. The molecule has 0 radical (unpaired) electrons. The number of fused-ring (bicyclic) bond motifs is 1. The highest BCUT2D eigenvalue weighted by molar-refractivity contribution is 5.86. The SMILES string of the molecule is CCC(CC)(CN)Nc1ncnc2c1cnn2C. The van der Waals surface area contributed by atoms with Crippen LogP contribution in [-0.4, -0.2) is 31.8 Å². The van der Waals surface area contributed by atoms with Crippen LogP contribution in [0.25, 0.3) is 11.0 Å². The molecule has 0 spiro atoms.